The quantitative estimate of drug-likeness (QED) is 0.254. The number of carbonyl (C=O) groups is 4. The molecule has 3 unspecified atom stereocenters. The first-order chi connectivity index (χ1) is 21.1. The van der Waals surface area contributed by atoms with Crippen LogP contribution in [0.15, 0.2) is 54.6 Å². The van der Waals surface area contributed by atoms with Crippen LogP contribution in [0.25, 0.3) is 0 Å². The zero-order valence-corrected chi connectivity index (χ0v) is 29.3. The molecular weight excluding hydrogens is 586 g/mol. The van der Waals surface area contributed by atoms with Crippen LogP contribution in [0.1, 0.15) is 99.8 Å². The van der Waals surface area contributed by atoms with Gasteiger partial charge in [-0.15, -0.1) is 0 Å². The van der Waals surface area contributed by atoms with Crippen LogP contribution in [0.2, 0.25) is 0 Å². The van der Waals surface area contributed by atoms with Crippen molar-refractivity contribution >= 4 is 23.9 Å². The molecule has 0 saturated heterocycles. The molecule has 0 aliphatic rings. The van der Waals surface area contributed by atoms with Gasteiger partial charge in [0.05, 0.1) is 0 Å². The minimum Gasteiger partial charge on any atom is -0.508 e. The molecule has 254 valence electrons. The number of ether oxygens (including phenoxy) is 2. The molecule has 2 aromatic rings. The molecule has 3 amide bonds. The fourth-order valence-electron chi connectivity index (χ4n) is 4.93. The molecule has 0 radical (unpaired) electrons. The summed E-state index contributed by atoms with van der Waals surface area (Å²) in [5, 5.41) is 16.0. The van der Waals surface area contributed by atoms with E-state index in [1.54, 1.807) is 74.4 Å². The van der Waals surface area contributed by atoms with Gasteiger partial charge < -0.3 is 30.1 Å². The van der Waals surface area contributed by atoms with E-state index in [4.69, 9.17) is 9.47 Å². The van der Waals surface area contributed by atoms with E-state index in [2.05, 4.69) is 10.6 Å². The van der Waals surface area contributed by atoms with Crippen molar-refractivity contribution in [2.45, 2.75) is 124 Å². The Bertz CT molecular complexity index is 1340. The largest absolute Gasteiger partial charge is 0.508 e. The number of esters is 1. The lowest BCUT2D eigenvalue weighted by molar-refractivity contribution is -0.159. The van der Waals surface area contributed by atoms with Crippen LogP contribution in [-0.2, 0) is 30.3 Å². The van der Waals surface area contributed by atoms with Gasteiger partial charge in [0.1, 0.15) is 35.1 Å². The molecule has 10 nitrogen and oxygen atoms in total. The van der Waals surface area contributed by atoms with E-state index < -0.39 is 58.7 Å². The number of rotatable bonds is 11. The lowest BCUT2D eigenvalue weighted by atomic mass is 9.93. The Morgan fingerprint density at radius 3 is 1.87 bits per heavy atom. The molecule has 10 heteroatoms. The third-order valence-corrected chi connectivity index (χ3v) is 6.64. The third kappa shape index (κ3) is 12.4. The van der Waals surface area contributed by atoms with E-state index in [1.165, 1.54) is 17.0 Å². The number of phenolic OH excluding ortho intramolecular Hbond substituents is 1. The average Bonchev–Trinajstić information content (AvgIpc) is 2.88. The molecule has 0 saturated carbocycles. The Morgan fingerprint density at radius 2 is 1.37 bits per heavy atom. The number of aromatic hydroxyl groups is 1. The van der Waals surface area contributed by atoms with Crippen LogP contribution < -0.4 is 10.6 Å². The molecule has 0 spiro atoms. The highest BCUT2D eigenvalue weighted by Gasteiger charge is 2.43. The Morgan fingerprint density at radius 1 is 0.783 bits per heavy atom. The van der Waals surface area contributed by atoms with Crippen LogP contribution in [0.5, 0.6) is 5.75 Å². The van der Waals surface area contributed by atoms with Gasteiger partial charge in [-0.05, 0) is 97.9 Å². The van der Waals surface area contributed by atoms with Gasteiger partial charge in [0, 0.05) is 12.0 Å². The number of hydrogen-bond donors (Lipinski definition) is 3. The van der Waals surface area contributed by atoms with E-state index in [1.807, 2.05) is 44.2 Å². The summed E-state index contributed by atoms with van der Waals surface area (Å²) in [7, 11) is 0. The Balaban J connectivity index is 2.65. The molecule has 0 aliphatic carbocycles. The second-order valence-corrected chi connectivity index (χ2v) is 15.0. The first kappa shape index (κ1) is 38.1. The van der Waals surface area contributed by atoms with Gasteiger partial charge >= 0.3 is 12.1 Å². The molecule has 2 aromatic carbocycles. The maximum absolute atomic E-state index is 14.6. The summed E-state index contributed by atoms with van der Waals surface area (Å²) in [5.41, 5.74) is -1.44. The zero-order chi connectivity index (χ0) is 35.0. The third-order valence-electron chi connectivity index (χ3n) is 6.64. The Labute approximate surface area is 274 Å². The van der Waals surface area contributed by atoms with Crippen molar-refractivity contribution in [3.63, 3.8) is 0 Å². The molecule has 3 N–H and O–H groups in total. The Hall–Kier alpha value is -4.08. The standard InChI is InChI=1S/C36H53N3O7/c1-23(2)20-27(38-33(44)46-36(9,10)11)31(42)39(34(3,4)5)29(25-18-15-19-26(40)22-25)30(41)37-28(32(43)45-35(6,7)8)21-24-16-13-12-14-17-24/h12-19,22-23,27-29,40H,20-21H2,1-11H3,(H,37,41)(H,38,44). The maximum Gasteiger partial charge on any atom is 0.408 e. The summed E-state index contributed by atoms with van der Waals surface area (Å²) in [4.78, 5) is 56.8. The minimum atomic E-state index is -1.30. The molecule has 0 aliphatic heterocycles. The normalized spacial score (nSPS) is 14.1. The summed E-state index contributed by atoms with van der Waals surface area (Å²) < 4.78 is 11.1. The van der Waals surface area contributed by atoms with Crippen molar-refractivity contribution in [2.24, 2.45) is 5.92 Å². The molecule has 0 fully saturated rings. The first-order valence-corrected chi connectivity index (χ1v) is 15.8. The van der Waals surface area contributed by atoms with Crippen molar-refractivity contribution in [3.8, 4) is 5.75 Å². The lowest BCUT2D eigenvalue weighted by Gasteiger charge is -2.43. The number of hydrogen-bond acceptors (Lipinski definition) is 7. The van der Waals surface area contributed by atoms with Gasteiger partial charge in [-0.2, -0.15) is 0 Å². The van der Waals surface area contributed by atoms with Gasteiger partial charge in [-0.1, -0.05) is 56.3 Å². The Kier molecular flexibility index (Phi) is 12.8. The van der Waals surface area contributed by atoms with Gasteiger partial charge in [0.25, 0.3) is 0 Å². The average molecular weight is 640 g/mol. The van der Waals surface area contributed by atoms with Crippen molar-refractivity contribution in [2.75, 3.05) is 0 Å². The highest BCUT2D eigenvalue weighted by molar-refractivity contribution is 5.94. The lowest BCUT2D eigenvalue weighted by Crippen LogP contribution is -2.60. The van der Waals surface area contributed by atoms with Crippen LogP contribution >= 0.6 is 0 Å². The second kappa shape index (κ2) is 15.5. The molecule has 3 atom stereocenters. The monoisotopic (exact) mass is 639 g/mol. The minimum absolute atomic E-state index is 0.00109. The highest BCUT2D eigenvalue weighted by atomic mass is 16.6. The predicted octanol–water partition coefficient (Wildman–Crippen LogP) is 6.07. The summed E-state index contributed by atoms with van der Waals surface area (Å²) >= 11 is 0. The first-order valence-electron chi connectivity index (χ1n) is 15.8. The van der Waals surface area contributed by atoms with E-state index in [0.717, 1.165) is 5.56 Å². The number of alkyl carbamates (subject to hydrolysis) is 1. The van der Waals surface area contributed by atoms with Gasteiger partial charge in [0.15, 0.2) is 0 Å². The highest BCUT2D eigenvalue weighted by Crippen LogP contribution is 2.32. The van der Waals surface area contributed by atoms with Crippen molar-refractivity contribution in [1.82, 2.24) is 15.5 Å². The molecule has 2 rings (SSSR count). The molecule has 46 heavy (non-hydrogen) atoms. The summed E-state index contributed by atoms with van der Waals surface area (Å²) in [6, 6.07) is 11.9. The number of benzene rings is 2. The summed E-state index contributed by atoms with van der Waals surface area (Å²) in [6.45, 7) is 19.6. The van der Waals surface area contributed by atoms with Crippen LogP contribution in [0, 0.1) is 5.92 Å². The van der Waals surface area contributed by atoms with Gasteiger partial charge in [-0.25, -0.2) is 9.59 Å². The van der Waals surface area contributed by atoms with Gasteiger partial charge in [-0.3, -0.25) is 9.59 Å². The van der Waals surface area contributed by atoms with E-state index in [-0.39, 0.29) is 24.5 Å². The second-order valence-electron chi connectivity index (χ2n) is 15.0. The van der Waals surface area contributed by atoms with E-state index >= 15 is 0 Å². The topological polar surface area (TPSA) is 134 Å². The van der Waals surface area contributed by atoms with Gasteiger partial charge in [0.2, 0.25) is 11.8 Å². The van der Waals surface area contributed by atoms with Crippen molar-refractivity contribution < 1.29 is 33.8 Å². The molecule has 0 heterocycles. The molecular formula is C36H53N3O7. The smallest absolute Gasteiger partial charge is 0.408 e. The number of nitrogens with one attached hydrogen (secondary N) is 2. The summed E-state index contributed by atoms with van der Waals surface area (Å²) in [5.74, 6) is -1.90. The van der Waals surface area contributed by atoms with E-state index in [9.17, 15) is 24.3 Å². The fourth-order valence-corrected chi connectivity index (χ4v) is 4.93. The fraction of sp³-hybridized carbons (Fsp3) is 0.556. The van der Waals surface area contributed by atoms with Crippen molar-refractivity contribution in [1.29, 1.82) is 0 Å². The van der Waals surface area contributed by atoms with Crippen LogP contribution in [0.3, 0.4) is 0 Å². The molecule has 0 aromatic heterocycles. The number of nitrogens with zero attached hydrogens (tertiary/aromatic N) is 1. The van der Waals surface area contributed by atoms with Crippen LogP contribution in [0.4, 0.5) is 4.79 Å². The number of phenols is 1. The van der Waals surface area contributed by atoms with Crippen LogP contribution in [-0.4, -0.2) is 62.7 Å². The SMILES string of the molecule is CC(C)CC(NC(=O)OC(C)(C)C)C(=O)N(C(C(=O)NC(Cc1ccccc1)C(=O)OC(C)(C)C)c1cccc(O)c1)C(C)(C)C. The number of carbonyl (C=O) groups excluding carboxylic acids is 4. The van der Waals surface area contributed by atoms with Crippen molar-refractivity contribution in [3.05, 3.63) is 65.7 Å². The maximum atomic E-state index is 14.6. The predicted molar refractivity (Wildman–Crippen MR) is 178 cm³/mol. The molecule has 0 bridgehead atoms. The summed E-state index contributed by atoms with van der Waals surface area (Å²) in [6.07, 6.45) is -0.340. The van der Waals surface area contributed by atoms with E-state index in [0.29, 0.717) is 5.56 Å². The zero-order valence-electron chi connectivity index (χ0n) is 29.3. The number of amides is 3.